The monoisotopic (exact) mass is 246 g/mol. The van der Waals surface area contributed by atoms with Gasteiger partial charge in [-0.15, -0.1) is 0 Å². The van der Waals surface area contributed by atoms with Crippen LogP contribution in [-0.4, -0.2) is 11.5 Å². The molecular weight excluding hydrogens is 236 g/mol. The summed E-state index contributed by atoms with van der Waals surface area (Å²) in [5.74, 6) is 0. The molecule has 0 amide bonds. The summed E-state index contributed by atoms with van der Waals surface area (Å²) in [6, 6.07) is 0. The Balaban J connectivity index is 2.38. The first-order valence-corrected chi connectivity index (χ1v) is 5.28. The fourth-order valence-corrected chi connectivity index (χ4v) is 1.79. The maximum Gasteiger partial charge on any atom is 0.183 e. The molecule has 0 aliphatic carbocycles. The molecule has 0 saturated heterocycles. The summed E-state index contributed by atoms with van der Waals surface area (Å²) in [7, 11) is 0. The minimum Gasteiger partial charge on any atom is -0.358 e. The zero-order chi connectivity index (χ0) is 8.97. The topological polar surface area (TPSA) is 24.9 Å². The molecule has 0 unspecified atom stereocenters. The van der Waals surface area contributed by atoms with Crippen molar-refractivity contribution in [3.8, 4) is 0 Å². The highest BCUT2D eigenvalue weighted by Crippen LogP contribution is 2.22. The van der Waals surface area contributed by atoms with Gasteiger partial charge >= 0.3 is 0 Å². The fraction of sp³-hybridized carbons (Fsp3) is 0.375. The van der Waals surface area contributed by atoms with Crippen LogP contribution in [-0.2, 0) is 0 Å². The highest BCUT2D eigenvalue weighted by molar-refractivity contribution is 9.11. The number of thiazole rings is 1. The van der Waals surface area contributed by atoms with E-state index in [1.54, 1.807) is 17.5 Å². The fourth-order valence-electron chi connectivity index (χ4n) is 0.679. The minimum absolute atomic E-state index is 0.849. The summed E-state index contributed by atoms with van der Waals surface area (Å²) in [4.78, 5) is 4.14. The van der Waals surface area contributed by atoms with Gasteiger partial charge in [-0.3, -0.25) is 0 Å². The lowest BCUT2D eigenvalue weighted by molar-refractivity contribution is 1.24. The van der Waals surface area contributed by atoms with Gasteiger partial charge in [0.1, 0.15) is 0 Å². The van der Waals surface area contributed by atoms with E-state index < -0.39 is 0 Å². The molecule has 0 aromatic carbocycles. The molecule has 12 heavy (non-hydrogen) atoms. The molecule has 0 fully saturated rings. The van der Waals surface area contributed by atoms with E-state index in [9.17, 15) is 0 Å². The van der Waals surface area contributed by atoms with Crippen molar-refractivity contribution < 1.29 is 0 Å². The second kappa shape index (κ2) is 4.62. The number of aromatic nitrogens is 1. The number of rotatable bonds is 3. The quantitative estimate of drug-likeness (QED) is 0.829. The van der Waals surface area contributed by atoms with Crippen LogP contribution in [0, 0.1) is 0 Å². The summed E-state index contributed by atoms with van der Waals surface area (Å²) in [6.07, 6.45) is 3.94. The SMILES string of the molecule is CC(C)=CCNc1ncc(Br)s1. The molecule has 4 heteroatoms. The number of halogens is 1. The molecule has 0 aliphatic rings. The first-order valence-electron chi connectivity index (χ1n) is 3.67. The maximum absolute atomic E-state index is 4.14. The summed E-state index contributed by atoms with van der Waals surface area (Å²) >= 11 is 4.96. The van der Waals surface area contributed by atoms with Gasteiger partial charge < -0.3 is 5.32 Å². The molecule has 0 atom stereocenters. The van der Waals surface area contributed by atoms with Gasteiger partial charge in [-0.2, -0.15) is 0 Å². The van der Waals surface area contributed by atoms with Crippen LogP contribution in [0.4, 0.5) is 5.13 Å². The van der Waals surface area contributed by atoms with Gasteiger partial charge in [0.25, 0.3) is 0 Å². The first-order chi connectivity index (χ1) is 5.68. The average molecular weight is 247 g/mol. The molecule has 1 aromatic rings. The Hall–Kier alpha value is -0.350. The minimum atomic E-state index is 0.849. The van der Waals surface area contributed by atoms with Crippen LogP contribution in [0.5, 0.6) is 0 Å². The van der Waals surface area contributed by atoms with Crippen molar-refractivity contribution >= 4 is 32.4 Å². The molecule has 0 aliphatic heterocycles. The average Bonchev–Trinajstić information content (AvgIpc) is 2.35. The van der Waals surface area contributed by atoms with Crippen molar-refractivity contribution in [2.24, 2.45) is 0 Å². The summed E-state index contributed by atoms with van der Waals surface area (Å²) in [5, 5.41) is 4.16. The van der Waals surface area contributed by atoms with E-state index in [-0.39, 0.29) is 0 Å². The van der Waals surface area contributed by atoms with Gasteiger partial charge in [0.2, 0.25) is 0 Å². The molecule has 1 rings (SSSR count). The largest absolute Gasteiger partial charge is 0.358 e. The third kappa shape index (κ3) is 3.36. The van der Waals surface area contributed by atoms with E-state index in [0.29, 0.717) is 0 Å². The third-order valence-corrected chi connectivity index (χ3v) is 2.67. The zero-order valence-corrected chi connectivity index (χ0v) is 9.50. The molecule has 0 bridgehead atoms. The van der Waals surface area contributed by atoms with Crippen LogP contribution >= 0.6 is 27.3 Å². The molecular formula is C8H11BrN2S. The van der Waals surface area contributed by atoms with Crippen molar-refractivity contribution in [1.82, 2.24) is 4.98 Å². The Morgan fingerprint density at radius 1 is 1.75 bits per heavy atom. The van der Waals surface area contributed by atoms with Gasteiger partial charge in [-0.25, -0.2) is 4.98 Å². The molecule has 1 N–H and O–H groups in total. The van der Waals surface area contributed by atoms with Crippen molar-refractivity contribution in [1.29, 1.82) is 0 Å². The lowest BCUT2D eigenvalue weighted by Crippen LogP contribution is -1.97. The van der Waals surface area contributed by atoms with Gasteiger partial charge in [0, 0.05) is 6.54 Å². The normalized spacial score (nSPS) is 9.58. The van der Waals surface area contributed by atoms with Crippen molar-refractivity contribution in [2.75, 3.05) is 11.9 Å². The molecule has 0 radical (unpaired) electrons. The highest BCUT2D eigenvalue weighted by Gasteiger charge is 1.95. The summed E-state index contributed by atoms with van der Waals surface area (Å²) in [5.41, 5.74) is 1.32. The molecule has 0 spiro atoms. The number of hydrogen-bond acceptors (Lipinski definition) is 3. The van der Waals surface area contributed by atoms with Gasteiger partial charge in [-0.1, -0.05) is 23.0 Å². The maximum atomic E-state index is 4.14. The van der Waals surface area contributed by atoms with Crippen LogP contribution < -0.4 is 5.32 Å². The van der Waals surface area contributed by atoms with E-state index in [4.69, 9.17) is 0 Å². The standard InChI is InChI=1S/C8H11BrN2S/c1-6(2)3-4-10-8-11-5-7(9)12-8/h3,5H,4H2,1-2H3,(H,10,11). The second-order valence-corrected chi connectivity index (χ2v) is 5.04. The van der Waals surface area contributed by atoms with Crippen LogP contribution in [0.3, 0.4) is 0 Å². The molecule has 1 aromatic heterocycles. The number of anilines is 1. The summed E-state index contributed by atoms with van der Waals surface area (Å²) < 4.78 is 1.06. The Bertz CT molecular complexity index is 276. The molecule has 2 nitrogen and oxygen atoms in total. The smallest absolute Gasteiger partial charge is 0.183 e. The van der Waals surface area contributed by atoms with E-state index >= 15 is 0 Å². The highest BCUT2D eigenvalue weighted by atomic mass is 79.9. The Labute approximate surface area is 84.8 Å². The van der Waals surface area contributed by atoms with Gasteiger partial charge in [0.15, 0.2) is 5.13 Å². The van der Waals surface area contributed by atoms with Crippen molar-refractivity contribution in [3.05, 3.63) is 21.6 Å². The van der Waals surface area contributed by atoms with E-state index in [1.165, 1.54) is 5.57 Å². The Morgan fingerprint density at radius 2 is 2.50 bits per heavy atom. The van der Waals surface area contributed by atoms with Crippen molar-refractivity contribution in [2.45, 2.75) is 13.8 Å². The van der Waals surface area contributed by atoms with E-state index in [1.807, 2.05) is 0 Å². The second-order valence-electron chi connectivity index (χ2n) is 2.63. The molecule has 66 valence electrons. The molecule has 1 heterocycles. The predicted molar refractivity (Wildman–Crippen MR) is 57.7 cm³/mol. The Kier molecular flexibility index (Phi) is 3.75. The lowest BCUT2D eigenvalue weighted by Gasteiger charge is -1.96. The third-order valence-electron chi connectivity index (χ3n) is 1.24. The van der Waals surface area contributed by atoms with Crippen LogP contribution in [0.25, 0.3) is 0 Å². The molecule has 0 saturated carbocycles. The van der Waals surface area contributed by atoms with Crippen LogP contribution in [0.1, 0.15) is 13.8 Å². The van der Waals surface area contributed by atoms with Gasteiger partial charge in [0.05, 0.1) is 9.98 Å². The summed E-state index contributed by atoms with van der Waals surface area (Å²) in [6.45, 7) is 5.02. The van der Waals surface area contributed by atoms with E-state index in [0.717, 1.165) is 15.5 Å². The number of hydrogen-bond donors (Lipinski definition) is 1. The number of nitrogens with one attached hydrogen (secondary N) is 1. The Morgan fingerprint density at radius 3 is 3.00 bits per heavy atom. The first kappa shape index (κ1) is 9.74. The van der Waals surface area contributed by atoms with Crippen molar-refractivity contribution in [3.63, 3.8) is 0 Å². The van der Waals surface area contributed by atoms with Crippen LogP contribution in [0.2, 0.25) is 0 Å². The lowest BCUT2D eigenvalue weighted by atomic mass is 10.3. The predicted octanol–water partition coefficient (Wildman–Crippen LogP) is 3.28. The zero-order valence-electron chi connectivity index (χ0n) is 7.10. The van der Waals surface area contributed by atoms with Gasteiger partial charge in [-0.05, 0) is 29.8 Å². The number of nitrogens with zero attached hydrogens (tertiary/aromatic N) is 1. The number of allylic oxidation sites excluding steroid dienone is 1. The van der Waals surface area contributed by atoms with Crippen LogP contribution in [0.15, 0.2) is 21.6 Å². The van der Waals surface area contributed by atoms with E-state index in [2.05, 4.69) is 46.2 Å².